The Balaban J connectivity index is 2.14. The summed E-state index contributed by atoms with van der Waals surface area (Å²) < 4.78 is 5.22. The number of hydrogen-bond acceptors (Lipinski definition) is 4. The van der Waals surface area contributed by atoms with Gasteiger partial charge >= 0.3 is 0 Å². The highest BCUT2D eigenvalue weighted by Crippen LogP contribution is 2.22. The molecule has 1 unspecified atom stereocenters. The molecule has 0 amide bonds. The van der Waals surface area contributed by atoms with Crippen LogP contribution >= 0.6 is 0 Å². The highest BCUT2D eigenvalue weighted by atomic mass is 16.5. The van der Waals surface area contributed by atoms with Crippen molar-refractivity contribution in [2.45, 2.75) is 45.8 Å². The number of piperazine rings is 1. The Morgan fingerprint density at radius 1 is 1.45 bits per heavy atom. The monoisotopic (exact) mass is 277 g/mol. The van der Waals surface area contributed by atoms with E-state index < -0.39 is 0 Å². The SMILES string of the molecule is COc1cccc(CN2CC(C)(C)NCC2C(C)C)n1. The smallest absolute Gasteiger partial charge is 0.213 e. The fourth-order valence-electron chi connectivity index (χ4n) is 2.89. The third kappa shape index (κ3) is 3.70. The first-order valence-electron chi connectivity index (χ1n) is 7.40. The molecule has 0 spiro atoms. The highest BCUT2D eigenvalue weighted by molar-refractivity contribution is 5.16. The lowest BCUT2D eigenvalue weighted by Crippen LogP contribution is -2.62. The van der Waals surface area contributed by atoms with Crippen molar-refractivity contribution in [2.24, 2.45) is 5.92 Å². The van der Waals surface area contributed by atoms with Crippen LogP contribution in [0.1, 0.15) is 33.4 Å². The van der Waals surface area contributed by atoms with Gasteiger partial charge in [0.2, 0.25) is 5.88 Å². The van der Waals surface area contributed by atoms with Crippen molar-refractivity contribution in [3.05, 3.63) is 23.9 Å². The molecule has 2 heterocycles. The van der Waals surface area contributed by atoms with E-state index in [1.807, 2.05) is 12.1 Å². The van der Waals surface area contributed by atoms with Gasteiger partial charge in [-0.1, -0.05) is 19.9 Å². The summed E-state index contributed by atoms with van der Waals surface area (Å²) in [6.45, 7) is 12.0. The van der Waals surface area contributed by atoms with Crippen LogP contribution in [0.5, 0.6) is 5.88 Å². The second-order valence-electron chi connectivity index (χ2n) is 6.65. The lowest BCUT2D eigenvalue weighted by molar-refractivity contribution is 0.0616. The van der Waals surface area contributed by atoms with Gasteiger partial charge in [-0.3, -0.25) is 4.90 Å². The standard InChI is InChI=1S/C16H27N3O/c1-12(2)14-9-17-16(3,4)11-19(14)10-13-7-6-8-15(18-13)20-5/h6-8,12,14,17H,9-11H2,1-5H3. The number of rotatable bonds is 4. The number of ether oxygens (including phenoxy) is 1. The van der Waals surface area contributed by atoms with Gasteiger partial charge < -0.3 is 10.1 Å². The summed E-state index contributed by atoms with van der Waals surface area (Å²) >= 11 is 0. The number of methoxy groups -OCH3 is 1. The Labute approximate surface area is 122 Å². The zero-order chi connectivity index (χ0) is 14.8. The van der Waals surface area contributed by atoms with Gasteiger partial charge in [0.25, 0.3) is 0 Å². The molecule has 4 nitrogen and oxygen atoms in total. The third-order valence-corrected chi connectivity index (χ3v) is 3.98. The van der Waals surface area contributed by atoms with E-state index in [4.69, 9.17) is 4.74 Å². The maximum absolute atomic E-state index is 5.22. The summed E-state index contributed by atoms with van der Waals surface area (Å²) in [6, 6.07) is 6.54. The van der Waals surface area contributed by atoms with Gasteiger partial charge in [-0.15, -0.1) is 0 Å². The number of aromatic nitrogens is 1. The van der Waals surface area contributed by atoms with Gasteiger partial charge in [0, 0.05) is 37.3 Å². The average molecular weight is 277 g/mol. The molecule has 0 aliphatic carbocycles. The lowest BCUT2D eigenvalue weighted by atomic mass is 9.93. The first-order chi connectivity index (χ1) is 9.41. The summed E-state index contributed by atoms with van der Waals surface area (Å²) in [4.78, 5) is 7.09. The van der Waals surface area contributed by atoms with E-state index in [2.05, 4.69) is 49.0 Å². The zero-order valence-corrected chi connectivity index (χ0v) is 13.3. The van der Waals surface area contributed by atoms with E-state index in [0.717, 1.165) is 25.3 Å². The molecule has 20 heavy (non-hydrogen) atoms. The first-order valence-corrected chi connectivity index (χ1v) is 7.40. The molecule has 1 aliphatic heterocycles. The summed E-state index contributed by atoms with van der Waals surface area (Å²) in [5, 5.41) is 3.64. The summed E-state index contributed by atoms with van der Waals surface area (Å²) in [5.41, 5.74) is 1.23. The normalized spacial score (nSPS) is 23.0. The Hall–Kier alpha value is -1.13. The molecule has 1 aromatic rings. The van der Waals surface area contributed by atoms with Gasteiger partial charge in [0.15, 0.2) is 0 Å². The molecular weight excluding hydrogens is 250 g/mol. The summed E-state index contributed by atoms with van der Waals surface area (Å²) in [5.74, 6) is 1.32. The molecule has 0 bridgehead atoms. The van der Waals surface area contributed by atoms with E-state index in [1.165, 1.54) is 0 Å². The van der Waals surface area contributed by atoms with Crippen LogP contribution in [-0.4, -0.2) is 41.7 Å². The van der Waals surface area contributed by atoms with Crippen LogP contribution in [0.25, 0.3) is 0 Å². The Kier molecular flexibility index (Phi) is 4.66. The molecule has 0 radical (unpaired) electrons. The highest BCUT2D eigenvalue weighted by Gasteiger charge is 2.33. The predicted octanol–water partition coefficient (Wildman–Crippen LogP) is 2.30. The van der Waals surface area contributed by atoms with Crippen LogP contribution in [0.4, 0.5) is 0 Å². The van der Waals surface area contributed by atoms with Crippen molar-refractivity contribution in [3.8, 4) is 5.88 Å². The Morgan fingerprint density at radius 3 is 2.85 bits per heavy atom. The number of nitrogens with one attached hydrogen (secondary N) is 1. The fourth-order valence-corrected chi connectivity index (χ4v) is 2.89. The molecule has 1 fully saturated rings. The van der Waals surface area contributed by atoms with E-state index in [0.29, 0.717) is 17.8 Å². The van der Waals surface area contributed by atoms with E-state index in [9.17, 15) is 0 Å². The minimum absolute atomic E-state index is 0.157. The first kappa shape index (κ1) is 15.3. The molecular formula is C16H27N3O. The van der Waals surface area contributed by atoms with Crippen molar-refractivity contribution >= 4 is 0 Å². The van der Waals surface area contributed by atoms with Crippen LogP contribution in [-0.2, 0) is 6.54 Å². The van der Waals surface area contributed by atoms with Crippen LogP contribution < -0.4 is 10.1 Å². The van der Waals surface area contributed by atoms with Crippen molar-refractivity contribution in [3.63, 3.8) is 0 Å². The summed E-state index contributed by atoms with van der Waals surface area (Å²) in [7, 11) is 1.66. The van der Waals surface area contributed by atoms with Gasteiger partial charge in [-0.25, -0.2) is 4.98 Å². The maximum Gasteiger partial charge on any atom is 0.213 e. The minimum Gasteiger partial charge on any atom is -0.481 e. The molecule has 1 N–H and O–H groups in total. The molecule has 0 saturated carbocycles. The Morgan fingerprint density at radius 2 is 2.20 bits per heavy atom. The molecule has 2 rings (SSSR count). The average Bonchev–Trinajstić information content (AvgIpc) is 2.37. The molecule has 112 valence electrons. The minimum atomic E-state index is 0.157. The van der Waals surface area contributed by atoms with Crippen LogP contribution in [0.3, 0.4) is 0 Å². The third-order valence-electron chi connectivity index (χ3n) is 3.98. The van der Waals surface area contributed by atoms with E-state index in [-0.39, 0.29) is 5.54 Å². The van der Waals surface area contributed by atoms with Gasteiger partial charge in [-0.2, -0.15) is 0 Å². The lowest BCUT2D eigenvalue weighted by Gasteiger charge is -2.46. The largest absolute Gasteiger partial charge is 0.481 e. The van der Waals surface area contributed by atoms with Gasteiger partial charge in [-0.05, 0) is 25.8 Å². The van der Waals surface area contributed by atoms with Crippen molar-refractivity contribution < 1.29 is 4.74 Å². The van der Waals surface area contributed by atoms with E-state index >= 15 is 0 Å². The molecule has 0 aromatic carbocycles. The van der Waals surface area contributed by atoms with Crippen molar-refractivity contribution in [2.75, 3.05) is 20.2 Å². The Bertz CT molecular complexity index is 445. The van der Waals surface area contributed by atoms with Crippen LogP contribution in [0.15, 0.2) is 18.2 Å². The molecule has 1 aromatic heterocycles. The van der Waals surface area contributed by atoms with Gasteiger partial charge in [0.05, 0.1) is 12.8 Å². The number of nitrogens with zero attached hydrogens (tertiary/aromatic N) is 2. The fraction of sp³-hybridized carbons (Fsp3) is 0.688. The van der Waals surface area contributed by atoms with Crippen molar-refractivity contribution in [1.29, 1.82) is 0 Å². The summed E-state index contributed by atoms with van der Waals surface area (Å²) in [6.07, 6.45) is 0. The number of hydrogen-bond donors (Lipinski definition) is 1. The zero-order valence-electron chi connectivity index (χ0n) is 13.3. The predicted molar refractivity (Wildman–Crippen MR) is 81.9 cm³/mol. The molecule has 1 aliphatic rings. The topological polar surface area (TPSA) is 37.4 Å². The molecule has 1 atom stereocenters. The second kappa shape index (κ2) is 6.10. The van der Waals surface area contributed by atoms with Gasteiger partial charge in [0.1, 0.15) is 0 Å². The number of pyridine rings is 1. The molecule has 4 heteroatoms. The maximum atomic E-state index is 5.22. The van der Waals surface area contributed by atoms with Crippen molar-refractivity contribution in [1.82, 2.24) is 15.2 Å². The molecule has 1 saturated heterocycles. The second-order valence-corrected chi connectivity index (χ2v) is 6.65. The van der Waals surface area contributed by atoms with Crippen LogP contribution in [0, 0.1) is 5.92 Å². The van der Waals surface area contributed by atoms with Crippen LogP contribution in [0.2, 0.25) is 0 Å². The quantitative estimate of drug-likeness (QED) is 0.916. The van der Waals surface area contributed by atoms with E-state index in [1.54, 1.807) is 7.11 Å².